The SMILES string of the molecule is Cc1nn(C)c2ccc(Nc3nc(N[C@H](C4CC4)[C@H](C)N)c(F)cc3C(N)=O)cc12. The first-order valence-electron chi connectivity index (χ1n) is 9.97. The van der Waals surface area contributed by atoms with E-state index in [1.165, 1.54) is 0 Å². The molecule has 1 aliphatic carbocycles. The molecule has 1 amide bonds. The van der Waals surface area contributed by atoms with Crippen LogP contribution in [0.2, 0.25) is 0 Å². The van der Waals surface area contributed by atoms with Crippen LogP contribution in [0.15, 0.2) is 24.3 Å². The number of nitrogens with one attached hydrogen (secondary N) is 2. The van der Waals surface area contributed by atoms with Gasteiger partial charge >= 0.3 is 0 Å². The average Bonchev–Trinajstić information content (AvgIpc) is 3.47. The number of halogens is 1. The fourth-order valence-electron chi connectivity index (χ4n) is 3.82. The number of benzene rings is 1. The molecule has 0 unspecified atom stereocenters. The molecule has 6 N–H and O–H groups in total. The van der Waals surface area contributed by atoms with E-state index < -0.39 is 11.7 Å². The van der Waals surface area contributed by atoms with E-state index in [0.717, 1.165) is 35.5 Å². The molecule has 1 aliphatic rings. The van der Waals surface area contributed by atoms with Crippen molar-refractivity contribution in [1.82, 2.24) is 14.8 Å². The number of aryl methyl sites for hydroxylation is 2. The maximum atomic E-state index is 14.7. The summed E-state index contributed by atoms with van der Waals surface area (Å²) in [5.74, 6) is -0.768. The Morgan fingerprint density at radius 2 is 2.03 bits per heavy atom. The minimum Gasteiger partial charge on any atom is -0.365 e. The summed E-state index contributed by atoms with van der Waals surface area (Å²) in [4.78, 5) is 16.3. The fourth-order valence-corrected chi connectivity index (χ4v) is 3.82. The number of fused-ring (bicyclic) bond motifs is 1. The number of carbonyl (C=O) groups excluding carboxylic acids is 1. The average molecular weight is 411 g/mol. The predicted molar refractivity (Wildman–Crippen MR) is 115 cm³/mol. The van der Waals surface area contributed by atoms with E-state index in [2.05, 4.69) is 20.7 Å². The highest BCUT2D eigenvalue weighted by molar-refractivity contribution is 5.99. The lowest BCUT2D eigenvalue weighted by molar-refractivity contribution is 0.100. The Balaban J connectivity index is 1.70. The van der Waals surface area contributed by atoms with Gasteiger partial charge in [-0.05, 0) is 56.9 Å². The fraction of sp³-hybridized carbons (Fsp3) is 0.381. The van der Waals surface area contributed by atoms with Crippen molar-refractivity contribution in [3.63, 3.8) is 0 Å². The minimum atomic E-state index is -0.764. The molecule has 9 heteroatoms. The van der Waals surface area contributed by atoms with E-state index in [4.69, 9.17) is 11.5 Å². The Labute approximate surface area is 173 Å². The van der Waals surface area contributed by atoms with E-state index in [0.29, 0.717) is 11.6 Å². The lowest BCUT2D eigenvalue weighted by Crippen LogP contribution is -2.40. The van der Waals surface area contributed by atoms with Gasteiger partial charge in [0.1, 0.15) is 5.82 Å². The number of anilines is 3. The topological polar surface area (TPSA) is 124 Å². The quantitative estimate of drug-likeness (QED) is 0.474. The van der Waals surface area contributed by atoms with Crippen LogP contribution >= 0.6 is 0 Å². The summed E-state index contributed by atoms with van der Waals surface area (Å²) in [7, 11) is 1.88. The maximum Gasteiger partial charge on any atom is 0.252 e. The van der Waals surface area contributed by atoms with Crippen LogP contribution in [0.5, 0.6) is 0 Å². The summed E-state index contributed by atoms with van der Waals surface area (Å²) < 4.78 is 16.5. The van der Waals surface area contributed by atoms with Gasteiger partial charge in [-0.2, -0.15) is 5.10 Å². The van der Waals surface area contributed by atoms with Gasteiger partial charge in [0.15, 0.2) is 11.6 Å². The number of amides is 1. The number of hydrogen-bond acceptors (Lipinski definition) is 6. The first-order valence-corrected chi connectivity index (χ1v) is 9.97. The van der Waals surface area contributed by atoms with Gasteiger partial charge in [0.2, 0.25) is 0 Å². The van der Waals surface area contributed by atoms with Gasteiger partial charge < -0.3 is 22.1 Å². The van der Waals surface area contributed by atoms with Crippen LogP contribution < -0.4 is 22.1 Å². The third-order valence-corrected chi connectivity index (χ3v) is 5.54. The molecule has 0 spiro atoms. The second kappa shape index (κ2) is 7.56. The van der Waals surface area contributed by atoms with Crippen LogP contribution in [-0.2, 0) is 7.05 Å². The number of pyridine rings is 1. The van der Waals surface area contributed by atoms with Crippen molar-refractivity contribution >= 4 is 34.1 Å². The highest BCUT2D eigenvalue weighted by Crippen LogP contribution is 2.36. The molecule has 0 radical (unpaired) electrons. The molecule has 0 bridgehead atoms. The van der Waals surface area contributed by atoms with E-state index in [1.807, 2.05) is 39.1 Å². The summed E-state index contributed by atoms with van der Waals surface area (Å²) in [5.41, 5.74) is 14.1. The van der Waals surface area contributed by atoms with Crippen LogP contribution in [0.25, 0.3) is 10.9 Å². The number of rotatable bonds is 7. The highest BCUT2D eigenvalue weighted by atomic mass is 19.1. The third-order valence-electron chi connectivity index (χ3n) is 5.54. The van der Waals surface area contributed by atoms with Gasteiger partial charge in [-0.25, -0.2) is 9.37 Å². The van der Waals surface area contributed by atoms with E-state index >= 15 is 0 Å². The predicted octanol–water partition coefficient (Wildman–Crippen LogP) is 2.80. The van der Waals surface area contributed by atoms with E-state index in [1.54, 1.807) is 4.68 Å². The Morgan fingerprint density at radius 1 is 1.30 bits per heavy atom. The van der Waals surface area contributed by atoms with Crippen molar-refractivity contribution in [2.45, 2.75) is 38.8 Å². The smallest absolute Gasteiger partial charge is 0.252 e. The molecule has 4 rings (SSSR count). The molecule has 2 heterocycles. The molecule has 1 saturated carbocycles. The van der Waals surface area contributed by atoms with Gasteiger partial charge in [0, 0.05) is 30.2 Å². The summed E-state index contributed by atoms with van der Waals surface area (Å²) >= 11 is 0. The second-order valence-electron chi connectivity index (χ2n) is 8.01. The molecule has 1 fully saturated rings. The van der Waals surface area contributed by atoms with Crippen molar-refractivity contribution in [3.05, 3.63) is 41.3 Å². The van der Waals surface area contributed by atoms with Gasteiger partial charge in [0.05, 0.1) is 16.8 Å². The third kappa shape index (κ3) is 3.80. The normalized spacial score (nSPS) is 15.8. The molecule has 8 nitrogen and oxygen atoms in total. The zero-order valence-corrected chi connectivity index (χ0v) is 17.2. The summed E-state index contributed by atoms with van der Waals surface area (Å²) in [6.45, 7) is 3.81. The van der Waals surface area contributed by atoms with Crippen LogP contribution in [0.1, 0.15) is 35.8 Å². The van der Waals surface area contributed by atoms with Crippen LogP contribution in [0.3, 0.4) is 0 Å². The molecule has 0 aliphatic heterocycles. The van der Waals surface area contributed by atoms with Crippen molar-refractivity contribution in [1.29, 1.82) is 0 Å². The lowest BCUT2D eigenvalue weighted by Gasteiger charge is -2.23. The Bertz CT molecular complexity index is 1120. The largest absolute Gasteiger partial charge is 0.365 e. The van der Waals surface area contributed by atoms with E-state index in [-0.39, 0.29) is 29.3 Å². The van der Waals surface area contributed by atoms with Crippen LogP contribution in [0.4, 0.5) is 21.7 Å². The molecular weight excluding hydrogens is 385 g/mol. The number of carbonyl (C=O) groups is 1. The minimum absolute atomic E-state index is 0.0233. The molecule has 3 aromatic rings. The molecule has 0 saturated heterocycles. The molecule has 2 aromatic heterocycles. The maximum absolute atomic E-state index is 14.7. The van der Waals surface area contributed by atoms with Crippen molar-refractivity contribution in [3.8, 4) is 0 Å². The number of hydrogen-bond donors (Lipinski definition) is 4. The zero-order chi connectivity index (χ0) is 21.6. The molecule has 2 atom stereocenters. The van der Waals surface area contributed by atoms with Crippen molar-refractivity contribution in [2.75, 3.05) is 10.6 Å². The highest BCUT2D eigenvalue weighted by Gasteiger charge is 2.34. The number of primary amides is 1. The summed E-state index contributed by atoms with van der Waals surface area (Å²) in [5, 5.41) is 11.6. The number of aromatic nitrogens is 3. The first-order chi connectivity index (χ1) is 14.2. The Morgan fingerprint density at radius 3 is 2.67 bits per heavy atom. The van der Waals surface area contributed by atoms with E-state index in [9.17, 15) is 9.18 Å². The van der Waals surface area contributed by atoms with Crippen LogP contribution in [-0.4, -0.2) is 32.8 Å². The van der Waals surface area contributed by atoms with Crippen LogP contribution in [0, 0.1) is 18.7 Å². The first kappa shape index (κ1) is 20.1. The molecule has 1 aromatic carbocycles. The van der Waals surface area contributed by atoms with Crippen molar-refractivity contribution in [2.24, 2.45) is 24.4 Å². The van der Waals surface area contributed by atoms with Gasteiger partial charge in [-0.3, -0.25) is 9.48 Å². The number of nitrogens with two attached hydrogens (primary N) is 2. The number of nitrogens with zero attached hydrogens (tertiary/aromatic N) is 3. The lowest BCUT2D eigenvalue weighted by atomic mass is 10.1. The Kier molecular flexibility index (Phi) is 5.07. The zero-order valence-electron chi connectivity index (χ0n) is 17.2. The molecule has 158 valence electrons. The standard InChI is InChI=1S/C21H26FN7O/c1-10(23)18(12-4-5-12)26-21-16(22)9-15(19(24)30)20(27-21)25-13-6-7-17-14(8-13)11(2)28-29(17)3/h6-10,12,18H,4-5,23H2,1-3H3,(H2,24,30)(H2,25,26,27)/t10-,18-/m0/s1. The Hall–Kier alpha value is -3.20. The summed E-state index contributed by atoms with van der Waals surface area (Å²) in [6.07, 6.45) is 2.10. The van der Waals surface area contributed by atoms with Gasteiger partial charge in [-0.15, -0.1) is 0 Å². The molecule has 30 heavy (non-hydrogen) atoms. The molecular formula is C21H26FN7O. The monoisotopic (exact) mass is 411 g/mol. The summed E-state index contributed by atoms with van der Waals surface area (Å²) in [6, 6.07) is 6.54. The van der Waals surface area contributed by atoms with Gasteiger partial charge in [0.25, 0.3) is 5.91 Å². The second-order valence-corrected chi connectivity index (χ2v) is 8.01. The van der Waals surface area contributed by atoms with Gasteiger partial charge in [-0.1, -0.05) is 0 Å². The van der Waals surface area contributed by atoms with Crippen molar-refractivity contribution < 1.29 is 9.18 Å².